The second-order valence-corrected chi connectivity index (χ2v) is 5.83. The molecule has 2 heterocycles. The molecule has 0 bridgehead atoms. The molecule has 2 aromatic rings. The van der Waals surface area contributed by atoms with E-state index in [0.29, 0.717) is 11.4 Å². The first-order valence-electron chi connectivity index (χ1n) is 7.29. The Morgan fingerprint density at radius 3 is 2.55 bits per heavy atom. The summed E-state index contributed by atoms with van der Waals surface area (Å²) in [6.07, 6.45) is 1.94. The van der Waals surface area contributed by atoms with Crippen molar-refractivity contribution in [2.45, 2.75) is 13.0 Å². The van der Waals surface area contributed by atoms with Crippen molar-refractivity contribution in [3.05, 3.63) is 47.0 Å². The van der Waals surface area contributed by atoms with Gasteiger partial charge in [-0.2, -0.15) is 5.10 Å². The van der Waals surface area contributed by atoms with Crippen molar-refractivity contribution >= 4 is 17.5 Å². The molecule has 0 atom stereocenters. The first-order valence-corrected chi connectivity index (χ1v) is 7.67. The van der Waals surface area contributed by atoms with Gasteiger partial charge < -0.3 is 4.90 Å². The first kappa shape index (κ1) is 15.0. The predicted octanol–water partition coefficient (Wildman–Crippen LogP) is 1.34. The van der Waals surface area contributed by atoms with Crippen LogP contribution in [0.25, 0.3) is 0 Å². The number of piperazine rings is 1. The Labute approximate surface area is 134 Å². The molecule has 1 aromatic carbocycles. The van der Waals surface area contributed by atoms with Crippen molar-refractivity contribution in [2.24, 2.45) is 0 Å². The molecule has 1 amide bonds. The summed E-state index contributed by atoms with van der Waals surface area (Å²) in [5.41, 5.74) is 0.999. The van der Waals surface area contributed by atoms with Gasteiger partial charge in [-0.3, -0.25) is 14.8 Å². The lowest BCUT2D eigenvalue weighted by molar-refractivity contribution is -0.132. The molecule has 1 fully saturated rings. The highest BCUT2D eigenvalue weighted by molar-refractivity contribution is 6.30. The van der Waals surface area contributed by atoms with Crippen molar-refractivity contribution in [1.29, 1.82) is 0 Å². The van der Waals surface area contributed by atoms with E-state index in [1.54, 1.807) is 0 Å². The molecule has 1 aromatic heterocycles. The number of amides is 1. The van der Waals surface area contributed by atoms with Crippen molar-refractivity contribution in [2.75, 3.05) is 26.2 Å². The third kappa shape index (κ3) is 3.84. The Bertz CT molecular complexity index is 605. The van der Waals surface area contributed by atoms with Crippen molar-refractivity contribution in [3.63, 3.8) is 0 Å². The number of carbonyl (C=O) groups is 1. The lowest BCUT2D eigenvalue weighted by Crippen LogP contribution is -2.48. The lowest BCUT2D eigenvalue weighted by Gasteiger charge is -2.34. The Kier molecular flexibility index (Phi) is 4.70. The summed E-state index contributed by atoms with van der Waals surface area (Å²) >= 11 is 5.86. The molecule has 0 radical (unpaired) electrons. The van der Waals surface area contributed by atoms with E-state index in [9.17, 15) is 4.79 Å². The number of H-pyrrole nitrogens is 1. The Balaban J connectivity index is 1.48. The summed E-state index contributed by atoms with van der Waals surface area (Å²) in [5.74, 6) is 1.03. The summed E-state index contributed by atoms with van der Waals surface area (Å²) in [7, 11) is 0. The fourth-order valence-electron chi connectivity index (χ4n) is 2.56. The molecular weight excluding hydrogens is 302 g/mol. The smallest absolute Gasteiger partial charge is 0.227 e. The molecular formula is C15H18ClN5O. The number of nitrogens with zero attached hydrogens (tertiary/aromatic N) is 4. The largest absolute Gasteiger partial charge is 0.340 e. The number of hydrogen-bond acceptors (Lipinski definition) is 4. The minimum absolute atomic E-state index is 0.168. The van der Waals surface area contributed by atoms with Crippen LogP contribution < -0.4 is 0 Å². The standard InChI is InChI=1S/C15H18ClN5O/c16-13-3-1-12(2-4-13)9-15(22)21-7-5-20(6-8-21)10-14-17-11-18-19-14/h1-4,11H,5-10H2,(H,17,18,19). The van der Waals surface area contributed by atoms with Gasteiger partial charge in [0.05, 0.1) is 13.0 Å². The molecule has 116 valence electrons. The van der Waals surface area contributed by atoms with E-state index in [1.807, 2.05) is 29.2 Å². The topological polar surface area (TPSA) is 65.1 Å². The van der Waals surface area contributed by atoms with E-state index in [-0.39, 0.29) is 5.91 Å². The van der Waals surface area contributed by atoms with Crippen LogP contribution in [0.1, 0.15) is 11.4 Å². The van der Waals surface area contributed by atoms with Gasteiger partial charge in [-0.15, -0.1) is 0 Å². The van der Waals surface area contributed by atoms with Gasteiger partial charge in [0, 0.05) is 31.2 Å². The summed E-state index contributed by atoms with van der Waals surface area (Å²) in [5, 5.41) is 7.40. The summed E-state index contributed by atoms with van der Waals surface area (Å²) in [4.78, 5) is 20.6. The van der Waals surface area contributed by atoms with Crippen molar-refractivity contribution in [3.8, 4) is 0 Å². The van der Waals surface area contributed by atoms with E-state index in [0.717, 1.165) is 44.1 Å². The molecule has 0 unspecified atom stereocenters. The quantitative estimate of drug-likeness (QED) is 0.924. The maximum Gasteiger partial charge on any atom is 0.227 e. The Morgan fingerprint density at radius 2 is 1.91 bits per heavy atom. The normalized spacial score (nSPS) is 16.0. The molecule has 0 aliphatic carbocycles. The van der Waals surface area contributed by atoms with Crippen LogP contribution in [0.4, 0.5) is 0 Å². The molecule has 0 saturated carbocycles. The van der Waals surface area contributed by atoms with Crippen molar-refractivity contribution < 1.29 is 4.79 Å². The van der Waals surface area contributed by atoms with Crippen LogP contribution in [0.15, 0.2) is 30.6 Å². The van der Waals surface area contributed by atoms with Gasteiger partial charge >= 0.3 is 0 Å². The number of carbonyl (C=O) groups excluding carboxylic acids is 1. The van der Waals surface area contributed by atoms with Crippen LogP contribution in [-0.4, -0.2) is 57.1 Å². The van der Waals surface area contributed by atoms with E-state index in [2.05, 4.69) is 20.1 Å². The second kappa shape index (κ2) is 6.89. The second-order valence-electron chi connectivity index (χ2n) is 5.39. The maximum absolute atomic E-state index is 12.3. The van der Waals surface area contributed by atoms with Gasteiger partial charge in [0.15, 0.2) is 0 Å². The summed E-state index contributed by atoms with van der Waals surface area (Å²) in [6, 6.07) is 7.44. The fourth-order valence-corrected chi connectivity index (χ4v) is 2.69. The number of nitrogens with one attached hydrogen (secondary N) is 1. The molecule has 6 nitrogen and oxygen atoms in total. The van der Waals surface area contributed by atoms with Crippen molar-refractivity contribution in [1.82, 2.24) is 25.0 Å². The van der Waals surface area contributed by atoms with E-state index in [4.69, 9.17) is 11.6 Å². The zero-order valence-corrected chi connectivity index (χ0v) is 13.0. The Morgan fingerprint density at radius 1 is 1.18 bits per heavy atom. The first-order chi connectivity index (χ1) is 10.7. The predicted molar refractivity (Wildman–Crippen MR) is 83.4 cm³/mol. The van der Waals surface area contributed by atoms with Crippen LogP contribution in [0.2, 0.25) is 5.02 Å². The number of aromatic nitrogens is 3. The Hall–Kier alpha value is -1.92. The third-order valence-electron chi connectivity index (χ3n) is 3.83. The number of rotatable bonds is 4. The number of hydrogen-bond donors (Lipinski definition) is 1. The number of aromatic amines is 1. The average molecular weight is 320 g/mol. The zero-order valence-electron chi connectivity index (χ0n) is 12.2. The highest BCUT2D eigenvalue weighted by Crippen LogP contribution is 2.12. The molecule has 1 N–H and O–H groups in total. The van der Waals surface area contributed by atoms with Crippen LogP contribution in [-0.2, 0) is 17.8 Å². The third-order valence-corrected chi connectivity index (χ3v) is 4.08. The van der Waals surface area contributed by atoms with E-state index < -0.39 is 0 Å². The molecule has 7 heteroatoms. The SMILES string of the molecule is O=C(Cc1ccc(Cl)cc1)N1CCN(Cc2ncn[nH]2)CC1. The van der Waals surface area contributed by atoms with Gasteiger partial charge in [-0.25, -0.2) is 4.98 Å². The minimum atomic E-state index is 0.168. The van der Waals surface area contributed by atoms with Gasteiger partial charge in [0.25, 0.3) is 0 Å². The van der Waals surface area contributed by atoms with Crippen LogP contribution in [0.3, 0.4) is 0 Å². The van der Waals surface area contributed by atoms with Crippen LogP contribution in [0.5, 0.6) is 0 Å². The fraction of sp³-hybridized carbons (Fsp3) is 0.400. The molecule has 1 saturated heterocycles. The maximum atomic E-state index is 12.3. The molecule has 22 heavy (non-hydrogen) atoms. The van der Waals surface area contributed by atoms with E-state index in [1.165, 1.54) is 6.33 Å². The van der Waals surface area contributed by atoms with Gasteiger partial charge in [-0.1, -0.05) is 23.7 Å². The zero-order chi connectivity index (χ0) is 15.4. The molecule has 3 rings (SSSR count). The number of benzene rings is 1. The molecule has 1 aliphatic rings. The summed E-state index contributed by atoms with van der Waals surface area (Å²) in [6.45, 7) is 3.96. The van der Waals surface area contributed by atoms with Gasteiger partial charge in [0.1, 0.15) is 12.2 Å². The highest BCUT2D eigenvalue weighted by Gasteiger charge is 2.21. The van der Waals surface area contributed by atoms with E-state index >= 15 is 0 Å². The lowest BCUT2D eigenvalue weighted by atomic mass is 10.1. The highest BCUT2D eigenvalue weighted by atomic mass is 35.5. The monoisotopic (exact) mass is 319 g/mol. The van der Waals surface area contributed by atoms with Crippen LogP contribution >= 0.6 is 11.6 Å². The van der Waals surface area contributed by atoms with Gasteiger partial charge in [0.2, 0.25) is 5.91 Å². The minimum Gasteiger partial charge on any atom is -0.340 e. The average Bonchev–Trinajstić information content (AvgIpc) is 3.03. The van der Waals surface area contributed by atoms with Gasteiger partial charge in [-0.05, 0) is 17.7 Å². The summed E-state index contributed by atoms with van der Waals surface area (Å²) < 4.78 is 0. The number of halogens is 1. The molecule has 1 aliphatic heterocycles. The van der Waals surface area contributed by atoms with Crippen LogP contribution in [0, 0.1) is 0 Å². The molecule has 0 spiro atoms.